The summed E-state index contributed by atoms with van der Waals surface area (Å²) in [6.07, 6.45) is 6.79. The number of carbonyl (C=O) groups is 1. The maximum absolute atomic E-state index is 12.3. The molecule has 1 saturated carbocycles. The molecular weight excluding hydrogens is 304 g/mol. The van der Waals surface area contributed by atoms with Crippen LogP contribution in [0.5, 0.6) is 5.88 Å². The van der Waals surface area contributed by atoms with E-state index in [1.807, 2.05) is 0 Å². The molecule has 3 rings (SSSR count). The van der Waals surface area contributed by atoms with Gasteiger partial charge in [-0.25, -0.2) is 15.0 Å². The number of hydrogen-bond donors (Lipinski definition) is 0. The van der Waals surface area contributed by atoms with Crippen molar-refractivity contribution < 1.29 is 9.53 Å². The van der Waals surface area contributed by atoms with Gasteiger partial charge in [-0.2, -0.15) is 0 Å². The third-order valence-corrected chi connectivity index (χ3v) is 3.59. The van der Waals surface area contributed by atoms with E-state index in [-0.39, 0.29) is 11.6 Å². The third kappa shape index (κ3) is 3.51. The summed E-state index contributed by atoms with van der Waals surface area (Å²) in [5.41, 5.74) is 0.234. The molecule has 0 aliphatic heterocycles. The fourth-order valence-corrected chi connectivity index (χ4v) is 1.94. The lowest BCUT2D eigenvalue weighted by Gasteiger charge is -2.15. The van der Waals surface area contributed by atoms with Crippen LogP contribution in [0.2, 0.25) is 5.02 Å². The first kappa shape index (κ1) is 14.7. The minimum absolute atomic E-state index is 0.234. The molecule has 22 heavy (non-hydrogen) atoms. The monoisotopic (exact) mass is 318 g/mol. The molecule has 0 radical (unpaired) electrons. The van der Waals surface area contributed by atoms with Gasteiger partial charge in [-0.3, -0.25) is 9.69 Å². The molecule has 1 aliphatic carbocycles. The van der Waals surface area contributed by atoms with Crippen molar-refractivity contribution in [2.75, 3.05) is 18.6 Å². The second-order valence-corrected chi connectivity index (χ2v) is 5.63. The Morgan fingerprint density at radius 3 is 2.68 bits per heavy atom. The average Bonchev–Trinajstić information content (AvgIpc) is 3.37. The first-order chi connectivity index (χ1) is 10.6. The number of rotatable bonds is 5. The Kier molecular flexibility index (Phi) is 4.20. The standard InChI is InChI=1S/C15H15ClN4O2/c1-20(13-5-4-11(16)6-18-13)15(21)12-7-19-14(8-17-12)22-9-10-2-3-10/h4-8,10H,2-3,9H2,1H3. The highest BCUT2D eigenvalue weighted by atomic mass is 35.5. The summed E-state index contributed by atoms with van der Waals surface area (Å²) in [6, 6.07) is 3.34. The zero-order valence-electron chi connectivity index (χ0n) is 12.1. The van der Waals surface area contributed by atoms with Crippen molar-refractivity contribution >= 4 is 23.3 Å². The number of amides is 1. The normalized spacial score (nSPS) is 13.7. The van der Waals surface area contributed by atoms with E-state index in [2.05, 4.69) is 15.0 Å². The summed E-state index contributed by atoms with van der Waals surface area (Å²) in [5, 5.41) is 0.515. The van der Waals surface area contributed by atoms with Crippen LogP contribution in [0.3, 0.4) is 0 Å². The summed E-state index contributed by atoms with van der Waals surface area (Å²) in [7, 11) is 1.62. The molecule has 0 bridgehead atoms. The van der Waals surface area contributed by atoms with Crippen LogP contribution >= 0.6 is 11.6 Å². The van der Waals surface area contributed by atoms with Crippen LogP contribution in [0.15, 0.2) is 30.7 Å². The molecule has 1 aliphatic rings. The lowest BCUT2D eigenvalue weighted by molar-refractivity contribution is 0.0987. The summed E-state index contributed by atoms with van der Waals surface area (Å²) in [4.78, 5) is 26.0. The van der Waals surface area contributed by atoms with Crippen LogP contribution in [0, 0.1) is 5.92 Å². The van der Waals surface area contributed by atoms with Crippen molar-refractivity contribution in [3.8, 4) is 5.88 Å². The predicted octanol–water partition coefficient (Wildman–Crippen LogP) is 2.59. The fraction of sp³-hybridized carbons (Fsp3) is 0.333. The van der Waals surface area contributed by atoms with Crippen LogP contribution in [0.25, 0.3) is 0 Å². The van der Waals surface area contributed by atoms with Crippen LogP contribution in [-0.2, 0) is 0 Å². The molecule has 6 nitrogen and oxygen atoms in total. The van der Waals surface area contributed by atoms with Crippen molar-refractivity contribution in [2.24, 2.45) is 5.92 Å². The van der Waals surface area contributed by atoms with Crippen molar-refractivity contribution in [1.82, 2.24) is 15.0 Å². The first-order valence-electron chi connectivity index (χ1n) is 6.98. The average molecular weight is 319 g/mol. The van der Waals surface area contributed by atoms with E-state index in [0.717, 1.165) is 0 Å². The number of hydrogen-bond acceptors (Lipinski definition) is 5. The van der Waals surface area contributed by atoms with Gasteiger partial charge in [0, 0.05) is 13.2 Å². The van der Waals surface area contributed by atoms with Crippen LogP contribution in [0.1, 0.15) is 23.3 Å². The molecule has 1 fully saturated rings. The number of pyridine rings is 1. The van der Waals surface area contributed by atoms with Gasteiger partial charge in [0.2, 0.25) is 5.88 Å². The van der Waals surface area contributed by atoms with E-state index >= 15 is 0 Å². The number of anilines is 1. The van der Waals surface area contributed by atoms with Gasteiger partial charge in [0.15, 0.2) is 0 Å². The number of aromatic nitrogens is 3. The van der Waals surface area contributed by atoms with Gasteiger partial charge in [-0.05, 0) is 30.9 Å². The van der Waals surface area contributed by atoms with Gasteiger partial charge in [-0.1, -0.05) is 11.6 Å². The Morgan fingerprint density at radius 2 is 2.09 bits per heavy atom. The van der Waals surface area contributed by atoms with Gasteiger partial charge in [0.1, 0.15) is 11.5 Å². The molecule has 0 saturated heterocycles. The van der Waals surface area contributed by atoms with Crippen LogP contribution in [-0.4, -0.2) is 34.5 Å². The largest absolute Gasteiger partial charge is 0.476 e. The summed E-state index contributed by atoms with van der Waals surface area (Å²) >= 11 is 5.78. The molecule has 0 atom stereocenters. The molecule has 0 N–H and O–H groups in total. The number of carbonyl (C=O) groups excluding carboxylic acids is 1. The molecule has 1 amide bonds. The quantitative estimate of drug-likeness (QED) is 0.847. The maximum Gasteiger partial charge on any atom is 0.279 e. The summed E-state index contributed by atoms with van der Waals surface area (Å²) in [5.74, 6) is 1.28. The van der Waals surface area contributed by atoms with Crippen molar-refractivity contribution in [1.29, 1.82) is 0 Å². The van der Waals surface area contributed by atoms with Crippen LogP contribution < -0.4 is 9.64 Å². The number of nitrogens with zero attached hydrogens (tertiary/aromatic N) is 4. The Labute approximate surface area is 133 Å². The van der Waals surface area contributed by atoms with Gasteiger partial charge in [0.05, 0.1) is 24.0 Å². The maximum atomic E-state index is 12.3. The van der Waals surface area contributed by atoms with Gasteiger partial charge >= 0.3 is 0 Å². The van der Waals surface area contributed by atoms with Gasteiger partial charge < -0.3 is 4.74 Å². The van der Waals surface area contributed by atoms with E-state index in [9.17, 15) is 4.79 Å². The molecule has 0 aromatic carbocycles. The first-order valence-corrected chi connectivity index (χ1v) is 7.36. The minimum atomic E-state index is -0.295. The third-order valence-electron chi connectivity index (χ3n) is 3.37. The van der Waals surface area contributed by atoms with Crippen LogP contribution in [0.4, 0.5) is 5.82 Å². The summed E-state index contributed by atoms with van der Waals surface area (Å²) in [6.45, 7) is 0.663. The van der Waals surface area contributed by atoms with E-state index in [0.29, 0.717) is 29.2 Å². The smallest absolute Gasteiger partial charge is 0.279 e. The highest BCUT2D eigenvalue weighted by molar-refractivity contribution is 6.30. The Morgan fingerprint density at radius 1 is 1.27 bits per heavy atom. The fourth-order valence-electron chi connectivity index (χ4n) is 1.83. The lowest BCUT2D eigenvalue weighted by atomic mass is 10.3. The Hall–Kier alpha value is -2.21. The Bertz CT molecular complexity index is 656. The lowest BCUT2D eigenvalue weighted by Crippen LogP contribution is -2.28. The summed E-state index contributed by atoms with van der Waals surface area (Å²) < 4.78 is 5.50. The highest BCUT2D eigenvalue weighted by Gasteiger charge is 2.22. The van der Waals surface area contributed by atoms with Crippen molar-refractivity contribution in [2.45, 2.75) is 12.8 Å². The minimum Gasteiger partial charge on any atom is -0.476 e. The molecule has 2 aromatic heterocycles. The Balaban J connectivity index is 1.66. The topological polar surface area (TPSA) is 68.2 Å². The molecule has 114 valence electrons. The van der Waals surface area contributed by atoms with Crippen molar-refractivity contribution in [3.05, 3.63) is 41.4 Å². The van der Waals surface area contributed by atoms with E-state index in [1.165, 1.54) is 36.3 Å². The molecule has 2 aromatic rings. The zero-order valence-corrected chi connectivity index (χ0v) is 12.8. The molecule has 2 heterocycles. The highest BCUT2D eigenvalue weighted by Crippen LogP contribution is 2.29. The molecule has 0 unspecified atom stereocenters. The molecule has 7 heteroatoms. The van der Waals surface area contributed by atoms with Gasteiger partial charge in [0.25, 0.3) is 5.91 Å². The number of ether oxygens (including phenoxy) is 1. The zero-order chi connectivity index (χ0) is 15.5. The number of halogens is 1. The molecular formula is C15H15ClN4O2. The second kappa shape index (κ2) is 6.27. The van der Waals surface area contributed by atoms with Gasteiger partial charge in [-0.15, -0.1) is 0 Å². The van der Waals surface area contributed by atoms with Crippen molar-refractivity contribution in [3.63, 3.8) is 0 Å². The predicted molar refractivity (Wildman–Crippen MR) is 82.2 cm³/mol. The van der Waals surface area contributed by atoms with E-state index in [1.54, 1.807) is 19.2 Å². The molecule has 0 spiro atoms. The second-order valence-electron chi connectivity index (χ2n) is 5.19. The van der Waals surface area contributed by atoms with E-state index in [4.69, 9.17) is 16.3 Å². The SMILES string of the molecule is CN(C(=O)c1cnc(OCC2CC2)cn1)c1ccc(Cl)cn1. The van der Waals surface area contributed by atoms with E-state index < -0.39 is 0 Å².